The predicted molar refractivity (Wildman–Crippen MR) is 84.3 cm³/mol. The third-order valence-corrected chi connectivity index (χ3v) is 6.27. The fraction of sp³-hybridized carbons (Fsp3) is 0.875. The molecule has 0 aromatic carbocycles. The van der Waals surface area contributed by atoms with Gasteiger partial charge in [0.15, 0.2) is 0 Å². The zero-order valence-electron chi connectivity index (χ0n) is 13.8. The molecule has 1 saturated heterocycles. The van der Waals surface area contributed by atoms with Crippen LogP contribution in [0, 0.1) is 23.2 Å². The van der Waals surface area contributed by atoms with Gasteiger partial charge < -0.3 is 14.6 Å². The smallest absolute Gasteiger partial charge is 0.317 e. The zero-order valence-corrected chi connectivity index (χ0v) is 14.6. The molecule has 22 heavy (non-hydrogen) atoms. The largest absolute Gasteiger partial charge is 0.481 e. The molecule has 1 saturated carbocycles. The van der Waals surface area contributed by atoms with Crippen LogP contribution >= 0.6 is 11.8 Å². The lowest BCUT2D eigenvalue weighted by atomic mass is 9.59. The molecule has 1 aliphatic carbocycles. The van der Waals surface area contributed by atoms with Gasteiger partial charge in [-0.3, -0.25) is 9.59 Å². The quantitative estimate of drug-likeness (QED) is 0.798. The number of esters is 1. The number of hydrogen-bond acceptors (Lipinski definition) is 5. The second-order valence-electron chi connectivity index (χ2n) is 6.86. The molecule has 2 fully saturated rings. The number of thioether (sulfide) groups is 1. The summed E-state index contributed by atoms with van der Waals surface area (Å²) in [7, 11) is 0. The molecule has 1 aliphatic heterocycles. The van der Waals surface area contributed by atoms with Crippen molar-refractivity contribution in [2.45, 2.75) is 52.1 Å². The van der Waals surface area contributed by atoms with Gasteiger partial charge in [-0.2, -0.15) is 0 Å². The van der Waals surface area contributed by atoms with Crippen molar-refractivity contribution in [2.75, 3.05) is 12.4 Å². The molecule has 4 atom stereocenters. The number of carbonyl (C=O) groups is 2. The summed E-state index contributed by atoms with van der Waals surface area (Å²) in [4.78, 5) is 24.1. The number of carboxylic acids is 1. The molecule has 0 unspecified atom stereocenters. The summed E-state index contributed by atoms with van der Waals surface area (Å²) in [6.07, 6.45) is 2.29. The first-order valence-corrected chi connectivity index (χ1v) is 8.94. The van der Waals surface area contributed by atoms with Gasteiger partial charge in [0, 0.05) is 12.7 Å². The van der Waals surface area contributed by atoms with Crippen LogP contribution in [0.2, 0.25) is 0 Å². The second kappa shape index (κ2) is 6.40. The maximum atomic E-state index is 12.4. The van der Waals surface area contributed by atoms with Gasteiger partial charge in [0.2, 0.25) is 0 Å². The van der Waals surface area contributed by atoms with E-state index >= 15 is 0 Å². The third kappa shape index (κ3) is 2.75. The van der Waals surface area contributed by atoms with E-state index in [0.717, 1.165) is 12.8 Å². The van der Waals surface area contributed by atoms with E-state index in [-0.39, 0.29) is 17.8 Å². The average Bonchev–Trinajstić information content (AvgIpc) is 2.86. The highest BCUT2D eigenvalue weighted by molar-refractivity contribution is 8.00. The first-order chi connectivity index (χ1) is 10.2. The van der Waals surface area contributed by atoms with Crippen LogP contribution in [0.1, 0.15) is 47.0 Å². The highest BCUT2D eigenvalue weighted by Gasteiger charge is 2.68. The highest BCUT2D eigenvalue weighted by Crippen LogP contribution is 2.60. The van der Waals surface area contributed by atoms with Gasteiger partial charge in [0.05, 0.1) is 6.61 Å². The fourth-order valence-electron chi connectivity index (χ4n) is 4.14. The standard InChI is InChI=1S/C16H26O5S/c1-10(2)13-6-5-11(3)9-15(13,14(18)19)16(21-12(4)17)20-7-8-22-16/h10-11,13H,5-9H2,1-4H3,(H,18,19)/t11-,13-,15-,16-/m0/s1. The predicted octanol–water partition coefficient (Wildman–Crippen LogP) is 3.13. The molecule has 2 rings (SSSR count). The summed E-state index contributed by atoms with van der Waals surface area (Å²) >= 11 is 1.33. The molecular weight excluding hydrogens is 304 g/mol. The zero-order chi connectivity index (χ0) is 16.5. The van der Waals surface area contributed by atoms with Crippen molar-refractivity contribution < 1.29 is 24.2 Å². The van der Waals surface area contributed by atoms with Crippen molar-refractivity contribution in [1.82, 2.24) is 0 Å². The van der Waals surface area contributed by atoms with Crippen molar-refractivity contribution in [3.8, 4) is 0 Å². The Bertz CT molecular complexity index is 444. The first-order valence-electron chi connectivity index (χ1n) is 7.96. The van der Waals surface area contributed by atoms with Gasteiger partial charge in [-0.15, -0.1) is 0 Å². The summed E-state index contributed by atoms with van der Waals surface area (Å²) in [5.74, 6) is -0.388. The number of carbonyl (C=O) groups excluding carboxylic acids is 1. The Labute approximate surface area is 136 Å². The Morgan fingerprint density at radius 3 is 2.50 bits per heavy atom. The summed E-state index contributed by atoms with van der Waals surface area (Å²) in [6, 6.07) is 0. The van der Waals surface area contributed by atoms with E-state index in [0.29, 0.717) is 18.8 Å². The van der Waals surface area contributed by atoms with Gasteiger partial charge in [-0.25, -0.2) is 0 Å². The second-order valence-corrected chi connectivity index (χ2v) is 8.09. The number of ether oxygens (including phenoxy) is 2. The molecule has 5 nitrogen and oxygen atoms in total. The molecule has 0 bridgehead atoms. The highest BCUT2D eigenvalue weighted by atomic mass is 32.2. The molecule has 0 amide bonds. The summed E-state index contributed by atoms with van der Waals surface area (Å²) in [5, 5.41) is 8.79. The topological polar surface area (TPSA) is 72.8 Å². The van der Waals surface area contributed by atoms with Crippen molar-refractivity contribution in [3.05, 3.63) is 0 Å². The monoisotopic (exact) mass is 330 g/mol. The average molecular weight is 330 g/mol. The van der Waals surface area contributed by atoms with Crippen molar-refractivity contribution >= 4 is 23.7 Å². The van der Waals surface area contributed by atoms with Gasteiger partial charge >= 0.3 is 11.9 Å². The Morgan fingerprint density at radius 1 is 1.36 bits per heavy atom. The lowest BCUT2D eigenvalue weighted by molar-refractivity contribution is -0.250. The van der Waals surface area contributed by atoms with Crippen LogP contribution in [0.4, 0.5) is 0 Å². The van der Waals surface area contributed by atoms with Crippen molar-refractivity contribution in [1.29, 1.82) is 0 Å². The molecule has 1 N–H and O–H groups in total. The minimum Gasteiger partial charge on any atom is -0.481 e. The summed E-state index contributed by atoms with van der Waals surface area (Å²) < 4.78 is 11.4. The number of rotatable bonds is 4. The van der Waals surface area contributed by atoms with E-state index < -0.39 is 22.5 Å². The Hall–Kier alpha value is -0.750. The third-order valence-electron chi connectivity index (χ3n) is 4.95. The molecule has 0 aromatic heterocycles. The molecule has 0 radical (unpaired) electrons. The Morgan fingerprint density at radius 2 is 2.05 bits per heavy atom. The van der Waals surface area contributed by atoms with Gasteiger partial charge in [-0.1, -0.05) is 39.0 Å². The minimum absolute atomic E-state index is 0.0776. The molecule has 1 heterocycles. The van der Waals surface area contributed by atoms with E-state index in [4.69, 9.17) is 9.47 Å². The van der Waals surface area contributed by atoms with Crippen LogP contribution in [0.5, 0.6) is 0 Å². The summed E-state index contributed by atoms with van der Waals surface area (Å²) in [5.41, 5.74) is -1.19. The number of aliphatic carboxylic acids is 1. The maximum absolute atomic E-state index is 12.4. The van der Waals surface area contributed by atoms with Crippen LogP contribution in [0.25, 0.3) is 0 Å². The molecule has 6 heteroatoms. The Kier molecular flexibility index (Phi) is 5.12. The van der Waals surface area contributed by atoms with E-state index in [1.54, 1.807) is 0 Å². The molecule has 0 spiro atoms. The van der Waals surface area contributed by atoms with E-state index in [1.165, 1.54) is 18.7 Å². The van der Waals surface area contributed by atoms with E-state index in [9.17, 15) is 14.7 Å². The molecule has 2 aliphatic rings. The summed E-state index contributed by atoms with van der Waals surface area (Å²) in [6.45, 7) is 7.87. The van der Waals surface area contributed by atoms with Gasteiger partial charge in [-0.05, 0) is 30.6 Å². The van der Waals surface area contributed by atoms with Crippen LogP contribution < -0.4 is 0 Å². The first kappa shape index (κ1) is 17.6. The molecule has 126 valence electrons. The number of hydrogen-bond donors (Lipinski definition) is 1. The SMILES string of the molecule is CC(=O)O[C@]1([C@@]2(C(=O)O)C[C@@H](C)CC[C@H]2C(C)C)OCCS1. The molecule has 0 aromatic rings. The van der Waals surface area contributed by atoms with Gasteiger partial charge in [0.1, 0.15) is 5.41 Å². The lowest BCUT2D eigenvalue weighted by Crippen LogP contribution is -2.60. The minimum atomic E-state index is -1.39. The maximum Gasteiger partial charge on any atom is 0.317 e. The van der Waals surface area contributed by atoms with E-state index in [2.05, 4.69) is 6.92 Å². The van der Waals surface area contributed by atoms with Crippen LogP contribution in [0.3, 0.4) is 0 Å². The van der Waals surface area contributed by atoms with Crippen molar-refractivity contribution in [3.63, 3.8) is 0 Å². The normalized spacial score (nSPS) is 39.0. The van der Waals surface area contributed by atoms with Crippen LogP contribution in [0.15, 0.2) is 0 Å². The van der Waals surface area contributed by atoms with Gasteiger partial charge in [0.25, 0.3) is 5.12 Å². The van der Waals surface area contributed by atoms with E-state index in [1.807, 2.05) is 13.8 Å². The Balaban J connectivity index is 2.56. The fourth-order valence-corrected chi connectivity index (χ4v) is 5.49. The molecular formula is C16H26O5S. The van der Waals surface area contributed by atoms with Crippen molar-refractivity contribution in [2.24, 2.45) is 23.2 Å². The number of carboxylic acid groups (broad SMARTS) is 1. The van der Waals surface area contributed by atoms with Crippen LogP contribution in [-0.2, 0) is 19.1 Å². The lowest BCUT2D eigenvalue weighted by Gasteiger charge is -2.52. The van der Waals surface area contributed by atoms with Crippen LogP contribution in [-0.4, -0.2) is 34.5 Å².